The Bertz CT molecular complexity index is 612. The molecule has 0 fully saturated rings. The van der Waals surface area contributed by atoms with Crippen LogP contribution in [0.1, 0.15) is 5.56 Å². The molecule has 0 N–H and O–H groups in total. The van der Waals surface area contributed by atoms with Gasteiger partial charge in [-0.2, -0.15) is 5.26 Å². The van der Waals surface area contributed by atoms with Crippen LogP contribution in [0.3, 0.4) is 0 Å². The van der Waals surface area contributed by atoms with E-state index in [1.165, 1.54) is 24.3 Å². The first-order chi connectivity index (χ1) is 8.98. The minimum atomic E-state index is -4.69. The second-order valence-electron chi connectivity index (χ2n) is 3.76. The van der Waals surface area contributed by atoms with Gasteiger partial charge in [-0.15, -0.1) is 13.2 Å². The Labute approximate surface area is 107 Å². The predicted molar refractivity (Wildman–Crippen MR) is 63.3 cm³/mol. The fraction of sp³-hybridized carbons (Fsp3) is 0.0714. The third kappa shape index (κ3) is 3.49. The average molecular weight is 263 g/mol. The Morgan fingerprint density at radius 2 is 1.63 bits per heavy atom. The van der Waals surface area contributed by atoms with E-state index in [1.807, 2.05) is 6.07 Å². The molecule has 5 heteroatoms. The fourth-order valence-corrected chi connectivity index (χ4v) is 1.62. The van der Waals surface area contributed by atoms with Crippen molar-refractivity contribution in [2.45, 2.75) is 6.36 Å². The lowest BCUT2D eigenvalue weighted by Gasteiger charge is -2.09. The van der Waals surface area contributed by atoms with E-state index in [0.717, 1.165) is 5.56 Å². The molecule has 0 aliphatic carbocycles. The number of nitriles is 1. The largest absolute Gasteiger partial charge is 0.573 e. The van der Waals surface area contributed by atoms with Gasteiger partial charge in [0.05, 0.1) is 11.6 Å². The van der Waals surface area contributed by atoms with Crippen molar-refractivity contribution in [3.63, 3.8) is 0 Å². The molecule has 0 amide bonds. The molecule has 2 aromatic carbocycles. The molecule has 0 aliphatic heterocycles. The van der Waals surface area contributed by atoms with Gasteiger partial charge in [-0.1, -0.05) is 24.3 Å². The van der Waals surface area contributed by atoms with E-state index in [-0.39, 0.29) is 5.75 Å². The smallest absolute Gasteiger partial charge is 0.406 e. The monoisotopic (exact) mass is 263 g/mol. The van der Waals surface area contributed by atoms with E-state index in [9.17, 15) is 13.2 Å². The molecule has 0 atom stereocenters. The summed E-state index contributed by atoms with van der Waals surface area (Å²) in [6.07, 6.45) is -4.69. The third-order valence-electron chi connectivity index (χ3n) is 2.41. The first-order valence-electron chi connectivity index (χ1n) is 5.34. The van der Waals surface area contributed by atoms with Gasteiger partial charge < -0.3 is 4.74 Å². The lowest BCUT2D eigenvalue weighted by atomic mass is 10.0. The van der Waals surface area contributed by atoms with Gasteiger partial charge >= 0.3 is 6.36 Å². The lowest BCUT2D eigenvalue weighted by molar-refractivity contribution is -0.274. The van der Waals surface area contributed by atoms with Crippen LogP contribution in [0, 0.1) is 11.3 Å². The molecule has 0 saturated carbocycles. The van der Waals surface area contributed by atoms with Gasteiger partial charge in [-0.3, -0.25) is 0 Å². The van der Waals surface area contributed by atoms with E-state index in [2.05, 4.69) is 4.74 Å². The number of hydrogen-bond donors (Lipinski definition) is 0. The molecule has 19 heavy (non-hydrogen) atoms. The molecule has 2 nitrogen and oxygen atoms in total. The molecule has 0 saturated heterocycles. The van der Waals surface area contributed by atoms with Crippen LogP contribution in [0.4, 0.5) is 13.2 Å². The van der Waals surface area contributed by atoms with Crippen molar-refractivity contribution in [3.05, 3.63) is 54.1 Å². The number of halogens is 3. The Morgan fingerprint density at radius 1 is 0.947 bits per heavy atom. The van der Waals surface area contributed by atoms with Gasteiger partial charge in [0.1, 0.15) is 5.75 Å². The van der Waals surface area contributed by atoms with Crippen LogP contribution in [-0.4, -0.2) is 6.36 Å². The van der Waals surface area contributed by atoms with Gasteiger partial charge in [0.15, 0.2) is 0 Å². The highest BCUT2D eigenvalue weighted by Gasteiger charge is 2.30. The van der Waals surface area contributed by atoms with Crippen LogP contribution in [0.2, 0.25) is 0 Å². The summed E-state index contributed by atoms with van der Waals surface area (Å²) < 4.78 is 39.8. The van der Waals surface area contributed by atoms with Gasteiger partial charge in [0.25, 0.3) is 0 Å². The standard InChI is InChI=1S/C14H8F3NO/c15-14(16,17)19-13-6-4-11(5-7-13)12-3-1-2-10(8-12)9-18/h1-8H. The summed E-state index contributed by atoms with van der Waals surface area (Å²) in [6.45, 7) is 0. The molecule has 0 bridgehead atoms. The molecule has 0 aromatic heterocycles. The molecule has 0 radical (unpaired) electrons. The Kier molecular flexibility index (Phi) is 3.43. The Morgan fingerprint density at radius 3 is 2.21 bits per heavy atom. The molecule has 0 spiro atoms. The number of rotatable bonds is 2. The van der Waals surface area contributed by atoms with E-state index in [0.29, 0.717) is 11.1 Å². The maximum absolute atomic E-state index is 12.0. The fourth-order valence-electron chi connectivity index (χ4n) is 1.62. The Hall–Kier alpha value is -2.48. The number of hydrogen-bond acceptors (Lipinski definition) is 2. The number of alkyl halides is 3. The summed E-state index contributed by atoms with van der Waals surface area (Å²) in [4.78, 5) is 0. The molecule has 2 aromatic rings. The van der Waals surface area contributed by atoms with Crippen molar-refractivity contribution >= 4 is 0 Å². The van der Waals surface area contributed by atoms with Crippen LogP contribution in [0.25, 0.3) is 11.1 Å². The predicted octanol–water partition coefficient (Wildman–Crippen LogP) is 4.12. The van der Waals surface area contributed by atoms with Crippen molar-refractivity contribution in [3.8, 4) is 22.9 Å². The van der Waals surface area contributed by atoms with Gasteiger partial charge in [0, 0.05) is 0 Å². The zero-order valence-corrected chi connectivity index (χ0v) is 9.61. The van der Waals surface area contributed by atoms with Crippen molar-refractivity contribution in [1.82, 2.24) is 0 Å². The summed E-state index contributed by atoms with van der Waals surface area (Å²) in [5.74, 6) is -0.271. The second kappa shape index (κ2) is 5.02. The Balaban J connectivity index is 2.25. The van der Waals surface area contributed by atoms with Crippen molar-refractivity contribution < 1.29 is 17.9 Å². The molecule has 96 valence electrons. The number of benzene rings is 2. The maximum atomic E-state index is 12.0. The van der Waals surface area contributed by atoms with Gasteiger partial charge in [-0.25, -0.2) is 0 Å². The van der Waals surface area contributed by atoms with Crippen molar-refractivity contribution in [1.29, 1.82) is 5.26 Å². The molecule has 0 unspecified atom stereocenters. The normalized spacial score (nSPS) is 10.8. The van der Waals surface area contributed by atoms with E-state index in [4.69, 9.17) is 5.26 Å². The van der Waals surface area contributed by atoms with Crippen LogP contribution in [-0.2, 0) is 0 Å². The molecular weight excluding hydrogens is 255 g/mol. The topological polar surface area (TPSA) is 33.0 Å². The molecular formula is C14H8F3NO. The van der Waals surface area contributed by atoms with Crippen molar-refractivity contribution in [2.24, 2.45) is 0 Å². The van der Waals surface area contributed by atoms with E-state index >= 15 is 0 Å². The van der Waals surface area contributed by atoms with Crippen LogP contribution in [0.15, 0.2) is 48.5 Å². The third-order valence-corrected chi connectivity index (χ3v) is 2.41. The first-order valence-corrected chi connectivity index (χ1v) is 5.34. The summed E-state index contributed by atoms with van der Waals surface area (Å²) >= 11 is 0. The van der Waals surface area contributed by atoms with Gasteiger partial charge in [0.2, 0.25) is 0 Å². The minimum Gasteiger partial charge on any atom is -0.406 e. The maximum Gasteiger partial charge on any atom is 0.573 e. The molecule has 2 rings (SSSR count). The van der Waals surface area contributed by atoms with Crippen LogP contribution in [0.5, 0.6) is 5.75 Å². The highest BCUT2D eigenvalue weighted by Crippen LogP contribution is 2.26. The quantitative estimate of drug-likeness (QED) is 0.816. The minimum absolute atomic E-state index is 0.271. The average Bonchev–Trinajstić information content (AvgIpc) is 2.38. The summed E-state index contributed by atoms with van der Waals surface area (Å²) in [5, 5.41) is 8.79. The first kappa shape index (κ1) is 13.0. The number of nitrogens with zero attached hydrogens (tertiary/aromatic N) is 1. The molecule has 0 aliphatic rings. The van der Waals surface area contributed by atoms with Gasteiger partial charge in [-0.05, 0) is 35.4 Å². The highest BCUT2D eigenvalue weighted by molar-refractivity contribution is 5.65. The summed E-state index contributed by atoms with van der Waals surface area (Å²) in [7, 11) is 0. The molecule has 0 heterocycles. The van der Waals surface area contributed by atoms with E-state index in [1.54, 1.807) is 24.3 Å². The zero-order valence-electron chi connectivity index (χ0n) is 9.61. The highest BCUT2D eigenvalue weighted by atomic mass is 19.4. The number of ether oxygens (including phenoxy) is 1. The van der Waals surface area contributed by atoms with Crippen molar-refractivity contribution in [2.75, 3.05) is 0 Å². The van der Waals surface area contributed by atoms with Crippen LogP contribution >= 0.6 is 0 Å². The summed E-state index contributed by atoms with van der Waals surface area (Å²) in [5.41, 5.74) is 1.97. The zero-order chi connectivity index (χ0) is 13.9. The van der Waals surface area contributed by atoms with Crippen LogP contribution < -0.4 is 4.74 Å². The van der Waals surface area contributed by atoms with E-state index < -0.39 is 6.36 Å². The lowest BCUT2D eigenvalue weighted by Crippen LogP contribution is -2.16. The summed E-state index contributed by atoms with van der Waals surface area (Å²) in [6, 6.07) is 14.3. The SMILES string of the molecule is N#Cc1cccc(-c2ccc(OC(F)(F)F)cc2)c1. The second-order valence-corrected chi connectivity index (χ2v) is 3.76.